The van der Waals surface area contributed by atoms with Crippen LogP contribution >= 0.6 is 11.3 Å². The van der Waals surface area contributed by atoms with Crippen LogP contribution in [0.15, 0.2) is 59.6 Å². The number of rotatable bonds is 4. The first-order valence-corrected chi connectivity index (χ1v) is 8.17. The Morgan fingerprint density at radius 3 is 2.62 bits per heavy atom. The predicted octanol–water partition coefficient (Wildman–Crippen LogP) is 4.47. The summed E-state index contributed by atoms with van der Waals surface area (Å²) in [4.78, 5) is 9.70. The summed E-state index contributed by atoms with van der Waals surface area (Å²) in [5, 5.41) is 5.39. The van der Waals surface area contributed by atoms with Crippen LogP contribution in [0.1, 0.15) is 0 Å². The number of hydrogen-bond donors (Lipinski definition) is 0. The molecule has 0 N–H and O–H groups in total. The Morgan fingerprint density at radius 2 is 1.92 bits per heavy atom. The fourth-order valence-electron chi connectivity index (χ4n) is 2.53. The molecule has 3 aromatic heterocycles. The van der Waals surface area contributed by atoms with E-state index >= 15 is 0 Å². The molecule has 0 spiro atoms. The molecule has 0 bridgehead atoms. The smallest absolute Gasteiger partial charge is 0.192 e. The lowest BCUT2D eigenvalue weighted by atomic mass is 10.1. The first-order valence-electron chi connectivity index (χ1n) is 7.35. The Hall–Kier alpha value is -2.99. The average molecular weight is 334 g/mol. The van der Waals surface area contributed by atoms with Crippen LogP contribution in [-0.4, -0.2) is 28.4 Å². The fourth-order valence-corrected chi connectivity index (χ4v) is 3.28. The molecule has 0 aliphatic rings. The molecular weight excluding hydrogens is 320 g/mol. The van der Waals surface area contributed by atoms with Crippen LogP contribution in [0.25, 0.3) is 27.5 Å². The van der Waals surface area contributed by atoms with Crippen LogP contribution in [0.3, 0.4) is 0 Å². The van der Waals surface area contributed by atoms with Crippen LogP contribution in [0.5, 0.6) is 5.06 Å². The van der Waals surface area contributed by atoms with Crippen LogP contribution in [0.4, 0.5) is 5.82 Å². The van der Waals surface area contributed by atoms with Crippen molar-refractivity contribution in [3.05, 3.63) is 54.6 Å². The van der Waals surface area contributed by atoms with Crippen molar-refractivity contribution < 1.29 is 4.74 Å². The Bertz CT molecular complexity index is 1020. The summed E-state index contributed by atoms with van der Waals surface area (Å²) in [5.41, 5.74) is 2.88. The molecule has 4 rings (SSSR count). The number of thiophene rings is 1. The SMILES string of the molecule is C=Nc1cc(-c2ccccc2)cc2nc(-c3ccc(OC)s3)nn12. The first-order chi connectivity index (χ1) is 11.8. The third kappa shape index (κ3) is 2.47. The van der Waals surface area contributed by atoms with Crippen molar-refractivity contribution in [3.63, 3.8) is 0 Å². The molecule has 3 heterocycles. The highest BCUT2D eigenvalue weighted by atomic mass is 32.1. The minimum absolute atomic E-state index is 0.651. The van der Waals surface area contributed by atoms with Gasteiger partial charge in [-0.15, -0.1) is 5.10 Å². The third-order valence-electron chi connectivity index (χ3n) is 3.69. The summed E-state index contributed by atoms with van der Waals surface area (Å²) in [6.45, 7) is 3.66. The van der Waals surface area contributed by atoms with E-state index in [2.05, 4.69) is 33.9 Å². The van der Waals surface area contributed by atoms with Crippen molar-refractivity contribution in [3.8, 4) is 26.9 Å². The number of hydrogen-bond acceptors (Lipinski definition) is 5. The van der Waals surface area contributed by atoms with Gasteiger partial charge in [-0.25, -0.2) is 9.98 Å². The van der Waals surface area contributed by atoms with Gasteiger partial charge in [0.2, 0.25) is 0 Å². The monoisotopic (exact) mass is 334 g/mol. The Labute approximate surface area is 142 Å². The fraction of sp³-hybridized carbons (Fsp3) is 0.0556. The molecule has 0 aliphatic heterocycles. The zero-order chi connectivity index (χ0) is 16.5. The first kappa shape index (κ1) is 14.6. The Morgan fingerprint density at radius 1 is 1.08 bits per heavy atom. The maximum Gasteiger partial charge on any atom is 0.192 e. The minimum atomic E-state index is 0.651. The van der Waals surface area contributed by atoms with Crippen molar-refractivity contribution in [2.45, 2.75) is 0 Å². The van der Waals surface area contributed by atoms with E-state index in [1.54, 1.807) is 11.6 Å². The normalized spacial score (nSPS) is 10.9. The van der Waals surface area contributed by atoms with Gasteiger partial charge in [-0.3, -0.25) is 0 Å². The molecular formula is C18H14N4OS. The molecule has 4 aromatic rings. The highest BCUT2D eigenvalue weighted by Crippen LogP contribution is 2.32. The highest BCUT2D eigenvalue weighted by Gasteiger charge is 2.13. The molecule has 1 aromatic carbocycles. The molecule has 0 unspecified atom stereocenters. The van der Waals surface area contributed by atoms with Gasteiger partial charge in [0.25, 0.3) is 0 Å². The summed E-state index contributed by atoms with van der Waals surface area (Å²) >= 11 is 1.51. The lowest BCUT2D eigenvalue weighted by Gasteiger charge is -2.04. The number of aromatic nitrogens is 3. The molecule has 6 heteroatoms. The molecule has 0 saturated heterocycles. The molecule has 0 amide bonds. The van der Waals surface area contributed by atoms with Gasteiger partial charge in [0.05, 0.1) is 12.0 Å². The number of methoxy groups -OCH3 is 1. The molecule has 0 saturated carbocycles. The number of nitrogens with zero attached hydrogens (tertiary/aromatic N) is 4. The summed E-state index contributed by atoms with van der Waals surface area (Å²) in [6, 6.07) is 18.0. The average Bonchev–Trinajstić information content (AvgIpc) is 3.27. The van der Waals surface area contributed by atoms with Crippen LogP contribution < -0.4 is 4.74 Å². The molecule has 0 fully saturated rings. The molecule has 0 radical (unpaired) electrons. The van der Waals surface area contributed by atoms with Gasteiger partial charge in [0.1, 0.15) is 0 Å². The molecule has 0 aliphatic carbocycles. The van der Waals surface area contributed by atoms with Crippen LogP contribution in [-0.2, 0) is 0 Å². The van der Waals surface area contributed by atoms with E-state index in [1.807, 2.05) is 42.5 Å². The van der Waals surface area contributed by atoms with Crippen molar-refractivity contribution in [2.24, 2.45) is 4.99 Å². The minimum Gasteiger partial charge on any atom is -0.487 e. The van der Waals surface area contributed by atoms with E-state index in [1.165, 1.54) is 11.3 Å². The second kappa shape index (κ2) is 5.90. The lowest BCUT2D eigenvalue weighted by molar-refractivity contribution is 0.427. The van der Waals surface area contributed by atoms with E-state index < -0.39 is 0 Å². The van der Waals surface area contributed by atoms with Gasteiger partial charge in [-0.1, -0.05) is 41.7 Å². The van der Waals surface area contributed by atoms with E-state index in [9.17, 15) is 0 Å². The number of fused-ring (bicyclic) bond motifs is 1. The van der Waals surface area contributed by atoms with Crippen molar-refractivity contribution in [1.82, 2.24) is 14.6 Å². The van der Waals surface area contributed by atoms with Crippen molar-refractivity contribution >= 4 is 29.5 Å². The maximum absolute atomic E-state index is 5.24. The molecule has 24 heavy (non-hydrogen) atoms. The summed E-state index contributed by atoms with van der Waals surface area (Å²) in [6.07, 6.45) is 0. The summed E-state index contributed by atoms with van der Waals surface area (Å²) < 4.78 is 6.95. The maximum atomic E-state index is 5.24. The van der Waals surface area contributed by atoms with Gasteiger partial charge in [-0.05, 0) is 42.1 Å². The molecule has 5 nitrogen and oxygen atoms in total. The van der Waals surface area contributed by atoms with E-state index in [0.717, 1.165) is 26.7 Å². The van der Waals surface area contributed by atoms with Gasteiger partial charge in [-0.2, -0.15) is 4.52 Å². The largest absolute Gasteiger partial charge is 0.487 e. The number of aliphatic imine (C=N–C) groups is 1. The molecule has 118 valence electrons. The number of pyridine rings is 1. The third-order valence-corrected chi connectivity index (χ3v) is 4.73. The zero-order valence-electron chi connectivity index (χ0n) is 13.0. The van der Waals surface area contributed by atoms with Gasteiger partial charge in [0, 0.05) is 0 Å². The van der Waals surface area contributed by atoms with Crippen molar-refractivity contribution in [1.29, 1.82) is 0 Å². The van der Waals surface area contributed by atoms with E-state index in [0.29, 0.717) is 11.6 Å². The molecule has 0 atom stereocenters. The van der Waals surface area contributed by atoms with E-state index in [-0.39, 0.29) is 0 Å². The summed E-state index contributed by atoms with van der Waals surface area (Å²) in [5.74, 6) is 1.31. The van der Waals surface area contributed by atoms with Crippen molar-refractivity contribution in [2.75, 3.05) is 7.11 Å². The summed E-state index contributed by atoms with van der Waals surface area (Å²) in [7, 11) is 1.65. The quantitative estimate of drug-likeness (QED) is 0.518. The topological polar surface area (TPSA) is 51.8 Å². The van der Waals surface area contributed by atoms with Crippen LogP contribution in [0.2, 0.25) is 0 Å². The highest BCUT2D eigenvalue weighted by molar-refractivity contribution is 7.17. The van der Waals surface area contributed by atoms with Gasteiger partial charge < -0.3 is 4.74 Å². The second-order valence-corrected chi connectivity index (χ2v) is 6.20. The number of ether oxygens (including phenoxy) is 1. The van der Waals surface area contributed by atoms with E-state index in [4.69, 9.17) is 4.74 Å². The van der Waals surface area contributed by atoms with Gasteiger partial charge >= 0.3 is 0 Å². The second-order valence-electron chi connectivity index (χ2n) is 5.15. The Balaban J connectivity index is 1.88. The Kier molecular flexibility index (Phi) is 3.59. The standard InChI is InChI=1S/C18H14N4OS/c1-19-15-10-13(12-6-4-3-5-7-12)11-16-20-18(21-22(15)16)14-8-9-17(23-2)24-14/h3-11H,1H2,2H3. The zero-order valence-corrected chi connectivity index (χ0v) is 13.8. The van der Waals surface area contributed by atoms with Crippen LogP contribution in [0, 0.1) is 0 Å². The van der Waals surface area contributed by atoms with Gasteiger partial charge in [0.15, 0.2) is 22.4 Å². The predicted molar refractivity (Wildman–Crippen MR) is 97.5 cm³/mol. The lowest BCUT2D eigenvalue weighted by Crippen LogP contribution is -1.90. The number of benzene rings is 1.